The van der Waals surface area contributed by atoms with E-state index >= 15 is 0 Å². The van der Waals surface area contributed by atoms with Crippen molar-refractivity contribution in [1.29, 1.82) is 0 Å². The summed E-state index contributed by atoms with van der Waals surface area (Å²) in [6, 6.07) is 0. The Hall–Kier alpha value is -1.32. The Morgan fingerprint density at radius 3 is 2.25 bits per heavy atom. The van der Waals surface area contributed by atoms with Gasteiger partial charge < -0.3 is 9.84 Å². The highest BCUT2D eigenvalue weighted by molar-refractivity contribution is 5.81. The molecule has 1 saturated carbocycles. The van der Waals surface area contributed by atoms with Crippen molar-refractivity contribution >= 4 is 11.9 Å². The zero-order valence-corrected chi connectivity index (χ0v) is 15.2. The Morgan fingerprint density at radius 2 is 1.58 bits per heavy atom. The Bertz CT molecular complexity index is 389. The van der Waals surface area contributed by atoms with Gasteiger partial charge in [-0.3, -0.25) is 9.59 Å². The Labute approximate surface area is 146 Å². The van der Waals surface area contributed by atoms with Crippen LogP contribution in [0.4, 0.5) is 0 Å². The van der Waals surface area contributed by atoms with Crippen LogP contribution in [0.3, 0.4) is 0 Å². The summed E-state index contributed by atoms with van der Waals surface area (Å²) in [7, 11) is 0. The molecule has 24 heavy (non-hydrogen) atoms. The number of hydrogen-bond acceptors (Lipinski definition) is 3. The number of carboxylic acid groups (broad SMARTS) is 1. The second-order valence-corrected chi connectivity index (χ2v) is 6.85. The zero-order valence-electron chi connectivity index (χ0n) is 15.2. The highest BCUT2D eigenvalue weighted by Gasteiger charge is 2.36. The van der Waals surface area contributed by atoms with Gasteiger partial charge in [-0.25, -0.2) is 0 Å². The number of carbonyl (C=O) groups excluding carboxylic acids is 1. The van der Waals surface area contributed by atoms with Crippen molar-refractivity contribution < 1.29 is 19.4 Å². The summed E-state index contributed by atoms with van der Waals surface area (Å²) < 4.78 is 5.24. The van der Waals surface area contributed by atoms with E-state index < -0.39 is 17.8 Å². The number of hydrogen-bond donors (Lipinski definition) is 1. The van der Waals surface area contributed by atoms with Crippen LogP contribution in [0.25, 0.3) is 0 Å². The zero-order chi connectivity index (χ0) is 17.6. The predicted octanol–water partition coefficient (Wildman–Crippen LogP) is 5.12. The van der Waals surface area contributed by atoms with Gasteiger partial charge in [0.2, 0.25) is 0 Å². The number of esters is 1. The van der Waals surface area contributed by atoms with Crippen LogP contribution >= 0.6 is 0 Å². The van der Waals surface area contributed by atoms with E-state index in [9.17, 15) is 14.7 Å². The first-order valence-electron chi connectivity index (χ1n) is 9.71. The lowest BCUT2D eigenvalue weighted by molar-refractivity contribution is -0.158. The van der Waals surface area contributed by atoms with Crippen LogP contribution in [-0.4, -0.2) is 23.7 Å². The smallest absolute Gasteiger partial charge is 0.310 e. The van der Waals surface area contributed by atoms with E-state index in [0.29, 0.717) is 12.8 Å². The summed E-state index contributed by atoms with van der Waals surface area (Å²) in [5.41, 5.74) is 0. The molecule has 1 aliphatic carbocycles. The third-order valence-electron chi connectivity index (χ3n) is 4.85. The number of ether oxygens (including phenoxy) is 1. The van der Waals surface area contributed by atoms with E-state index in [2.05, 4.69) is 13.0 Å². The maximum atomic E-state index is 12.1. The maximum Gasteiger partial charge on any atom is 0.310 e. The Balaban J connectivity index is 2.08. The van der Waals surface area contributed by atoms with E-state index in [-0.39, 0.29) is 12.6 Å². The van der Waals surface area contributed by atoms with Crippen LogP contribution in [0.5, 0.6) is 0 Å². The number of rotatable bonds is 12. The molecule has 138 valence electrons. The molecule has 0 heterocycles. The Morgan fingerprint density at radius 1 is 0.958 bits per heavy atom. The van der Waals surface area contributed by atoms with Crippen LogP contribution in [0, 0.1) is 11.8 Å². The van der Waals surface area contributed by atoms with Gasteiger partial charge in [-0.15, -0.1) is 0 Å². The summed E-state index contributed by atoms with van der Waals surface area (Å²) in [5, 5.41) is 9.20. The molecule has 1 rings (SSSR count). The second kappa shape index (κ2) is 13.0. The maximum absolute atomic E-state index is 12.1. The minimum atomic E-state index is -0.869. The summed E-state index contributed by atoms with van der Waals surface area (Å²) in [4.78, 5) is 23.3. The van der Waals surface area contributed by atoms with Gasteiger partial charge in [-0.05, 0) is 25.7 Å². The number of allylic oxidation sites excluding steroid dienone is 1. The van der Waals surface area contributed by atoms with Gasteiger partial charge in [0.25, 0.3) is 0 Å². The van der Waals surface area contributed by atoms with Gasteiger partial charge in [0.1, 0.15) is 6.61 Å². The average Bonchev–Trinajstić information content (AvgIpc) is 2.59. The van der Waals surface area contributed by atoms with Crippen LogP contribution < -0.4 is 0 Å². The fraction of sp³-hybridized carbons (Fsp3) is 0.800. The molecule has 0 aromatic rings. The van der Waals surface area contributed by atoms with Crippen molar-refractivity contribution in [2.45, 2.75) is 84.0 Å². The monoisotopic (exact) mass is 338 g/mol. The van der Waals surface area contributed by atoms with Crippen LogP contribution in [0.15, 0.2) is 12.2 Å². The van der Waals surface area contributed by atoms with Gasteiger partial charge in [-0.2, -0.15) is 0 Å². The predicted molar refractivity (Wildman–Crippen MR) is 95.8 cm³/mol. The summed E-state index contributed by atoms with van der Waals surface area (Å²) in [6.07, 6.45) is 17.1. The fourth-order valence-corrected chi connectivity index (χ4v) is 3.35. The Kier molecular flexibility index (Phi) is 11.2. The standard InChI is InChI=1S/C20H34O4/c1-2-3-4-5-6-7-8-9-10-13-16-24-20(23)18-15-12-11-14-17(18)19(21)22/h10,13,17-18H,2-9,11-12,14-16H2,1H3,(H,21,22)/b13-10+. The molecule has 0 radical (unpaired) electrons. The van der Waals surface area contributed by atoms with Crippen molar-refractivity contribution in [3.05, 3.63) is 12.2 Å². The van der Waals surface area contributed by atoms with E-state index in [0.717, 1.165) is 19.3 Å². The number of aliphatic carboxylic acids is 1. The molecule has 4 heteroatoms. The lowest BCUT2D eigenvalue weighted by Crippen LogP contribution is -2.33. The van der Waals surface area contributed by atoms with Crippen molar-refractivity contribution in [2.75, 3.05) is 6.61 Å². The van der Waals surface area contributed by atoms with Crippen LogP contribution in [0.2, 0.25) is 0 Å². The molecular formula is C20H34O4. The molecule has 0 aliphatic heterocycles. The molecule has 2 atom stereocenters. The molecule has 0 spiro atoms. The molecule has 1 fully saturated rings. The lowest BCUT2D eigenvalue weighted by Gasteiger charge is -2.26. The van der Waals surface area contributed by atoms with E-state index in [1.54, 1.807) is 0 Å². The second-order valence-electron chi connectivity index (χ2n) is 6.85. The number of unbranched alkanes of at least 4 members (excludes halogenated alkanes) is 7. The number of carbonyl (C=O) groups is 2. The largest absolute Gasteiger partial charge is 0.481 e. The first kappa shape index (κ1) is 20.7. The summed E-state index contributed by atoms with van der Waals surface area (Å²) in [5.74, 6) is -2.25. The molecule has 0 amide bonds. The highest BCUT2D eigenvalue weighted by Crippen LogP contribution is 2.31. The van der Waals surface area contributed by atoms with Crippen molar-refractivity contribution in [3.8, 4) is 0 Å². The first-order chi connectivity index (χ1) is 11.7. The fourth-order valence-electron chi connectivity index (χ4n) is 3.35. The molecule has 1 N–H and O–H groups in total. The molecule has 1 aliphatic rings. The molecule has 0 aromatic heterocycles. The minimum Gasteiger partial charge on any atom is -0.481 e. The molecular weight excluding hydrogens is 304 g/mol. The SMILES string of the molecule is CCCCCCCCC/C=C/COC(=O)C1CCCCC1C(=O)O. The average molecular weight is 338 g/mol. The minimum absolute atomic E-state index is 0.262. The quantitative estimate of drug-likeness (QED) is 0.305. The molecule has 2 unspecified atom stereocenters. The van der Waals surface area contributed by atoms with Crippen LogP contribution in [0.1, 0.15) is 84.0 Å². The first-order valence-corrected chi connectivity index (χ1v) is 9.71. The van der Waals surface area contributed by atoms with Crippen molar-refractivity contribution in [2.24, 2.45) is 11.8 Å². The van der Waals surface area contributed by atoms with E-state index in [1.165, 1.54) is 44.9 Å². The molecule has 0 saturated heterocycles. The highest BCUT2D eigenvalue weighted by atomic mass is 16.5. The van der Waals surface area contributed by atoms with Crippen molar-refractivity contribution in [3.63, 3.8) is 0 Å². The number of carboxylic acids is 1. The van der Waals surface area contributed by atoms with Crippen LogP contribution in [-0.2, 0) is 14.3 Å². The third kappa shape index (κ3) is 8.51. The van der Waals surface area contributed by atoms with Gasteiger partial charge >= 0.3 is 11.9 Å². The van der Waals surface area contributed by atoms with Crippen molar-refractivity contribution in [1.82, 2.24) is 0 Å². The lowest BCUT2D eigenvalue weighted by atomic mass is 9.79. The van der Waals surface area contributed by atoms with Gasteiger partial charge in [0, 0.05) is 0 Å². The summed E-state index contributed by atoms with van der Waals surface area (Å²) >= 11 is 0. The topological polar surface area (TPSA) is 63.6 Å². The van der Waals surface area contributed by atoms with E-state index in [1.807, 2.05) is 6.08 Å². The summed E-state index contributed by atoms with van der Waals surface area (Å²) in [6.45, 7) is 2.49. The third-order valence-corrected chi connectivity index (χ3v) is 4.85. The van der Waals surface area contributed by atoms with Gasteiger partial charge in [-0.1, -0.05) is 70.4 Å². The van der Waals surface area contributed by atoms with Gasteiger partial charge in [0.15, 0.2) is 0 Å². The molecule has 0 aromatic carbocycles. The molecule has 0 bridgehead atoms. The molecule has 4 nitrogen and oxygen atoms in total. The van der Waals surface area contributed by atoms with E-state index in [4.69, 9.17) is 4.74 Å². The normalized spacial score (nSPS) is 21.0. The van der Waals surface area contributed by atoms with Gasteiger partial charge in [0.05, 0.1) is 11.8 Å².